The Hall–Kier alpha value is -1.13. The summed E-state index contributed by atoms with van der Waals surface area (Å²) in [5.74, 6) is 1.56. The van der Waals surface area contributed by atoms with E-state index in [1.54, 1.807) is 6.33 Å². The summed E-state index contributed by atoms with van der Waals surface area (Å²) < 4.78 is 10.4. The van der Waals surface area contributed by atoms with Crippen LogP contribution >= 0.6 is 24.8 Å². The van der Waals surface area contributed by atoms with E-state index in [2.05, 4.69) is 9.97 Å². The monoisotopic (exact) mass is 234 g/mol. The van der Waals surface area contributed by atoms with Crippen LogP contribution in [0.4, 0.5) is 0 Å². The summed E-state index contributed by atoms with van der Waals surface area (Å²) in [6.07, 6.45) is 1.65. The normalized spacial score (nSPS) is 12.0. The third-order valence-electron chi connectivity index (χ3n) is 1.91. The minimum Gasteiger partial charge on any atom is -0.454 e. The number of aromatic amines is 1. The van der Waals surface area contributed by atoms with E-state index in [0.29, 0.717) is 6.79 Å². The number of nitrogens with zero attached hydrogens (tertiary/aromatic N) is 1. The molecule has 1 aliphatic heterocycles. The molecule has 6 heteroatoms. The van der Waals surface area contributed by atoms with Gasteiger partial charge in [0.15, 0.2) is 11.5 Å². The highest BCUT2D eigenvalue weighted by Gasteiger charge is 2.14. The van der Waals surface area contributed by atoms with Crippen LogP contribution in [0.2, 0.25) is 0 Å². The molecule has 0 radical (unpaired) electrons. The molecule has 4 nitrogen and oxygen atoms in total. The van der Waals surface area contributed by atoms with Crippen LogP contribution in [0.25, 0.3) is 11.0 Å². The third-order valence-corrected chi connectivity index (χ3v) is 1.91. The van der Waals surface area contributed by atoms with Crippen molar-refractivity contribution in [3.05, 3.63) is 18.5 Å². The van der Waals surface area contributed by atoms with Gasteiger partial charge in [0, 0.05) is 12.1 Å². The average molecular weight is 235 g/mol. The zero-order chi connectivity index (χ0) is 7.97. The first-order valence-electron chi connectivity index (χ1n) is 3.66. The molecule has 1 aromatic heterocycles. The van der Waals surface area contributed by atoms with Crippen molar-refractivity contribution in [1.29, 1.82) is 0 Å². The van der Waals surface area contributed by atoms with Crippen LogP contribution in [0.3, 0.4) is 0 Å². The Balaban J connectivity index is 0.000000490. The van der Waals surface area contributed by atoms with Crippen molar-refractivity contribution < 1.29 is 9.47 Å². The predicted molar refractivity (Wildman–Crippen MR) is 56.7 cm³/mol. The van der Waals surface area contributed by atoms with E-state index in [1.807, 2.05) is 12.1 Å². The van der Waals surface area contributed by atoms with E-state index in [-0.39, 0.29) is 24.8 Å². The van der Waals surface area contributed by atoms with Crippen molar-refractivity contribution in [3.63, 3.8) is 0 Å². The molecule has 0 atom stereocenters. The Labute approximate surface area is 92.4 Å². The Bertz CT molecular complexity index is 406. The maximum absolute atomic E-state index is 5.21. The quantitative estimate of drug-likeness (QED) is 0.760. The molecule has 0 bridgehead atoms. The third kappa shape index (κ3) is 1.47. The summed E-state index contributed by atoms with van der Waals surface area (Å²) in [6.45, 7) is 0.307. The first-order valence-corrected chi connectivity index (χ1v) is 3.66. The zero-order valence-electron chi connectivity index (χ0n) is 7.02. The lowest BCUT2D eigenvalue weighted by molar-refractivity contribution is 0.174. The highest BCUT2D eigenvalue weighted by Crippen LogP contribution is 2.34. The molecule has 0 saturated heterocycles. The van der Waals surface area contributed by atoms with Crippen LogP contribution in [0.5, 0.6) is 11.5 Å². The van der Waals surface area contributed by atoms with Gasteiger partial charge in [-0.25, -0.2) is 4.98 Å². The van der Waals surface area contributed by atoms with Gasteiger partial charge in [-0.1, -0.05) is 0 Å². The van der Waals surface area contributed by atoms with Gasteiger partial charge >= 0.3 is 0 Å². The number of fused-ring (bicyclic) bond motifs is 2. The minimum absolute atomic E-state index is 0. The molecule has 1 aliphatic rings. The molecule has 2 aromatic rings. The zero-order valence-corrected chi connectivity index (χ0v) is 8.65. The summed E-state index contributed by atoms with van der Waals surface area (Å²) in [7, 11) is 0. The first kappa shape index (κ1) is 10.9. The number of H-pyrrole nitrogens is 1. The Morgan fingerprint density at radius 3 is 2.64 bits per heavy atom. The SMILES string of the molecule is Cl.Cl.c1nc2cc3c(cc2[nH]1)OCO3. The number of hydrogen-bond donors (Lipinski definition) is 1. The molecule has 1 N–H and O–H groups in total. The number of halogens is 2. The second-order valence-electron chi connectivity index (χ2n) is 2.63. The van der Waals surface area contributed by atoms with Gasteiger partial charge in [-0.15, -0.1) is 24.8 Å². The highest BCUT2D eigenvalue weighted by molar-refractivity contribution is 5.85. The molecule has 0 saturated carbocycles. The number of rotatable bonds is 0. The van der Waals surface area contributed by atoms with Gasteiger partial charge in [-0.2, -0.15) is 0 Å². The van der Waals surface area contributed by atoms with Gasteiger partial charge < -0.3 is 14.5 Å². The number of benzene rings is 1. The Morgan fingerprint density at radius 1 is 1.14 bits per heavy atom. The van der Waals surface area contributed by atoms with Gasteiger partial charge in [-0.3, -0.25) is 0 Å². The van der Waals surface area contributed by atoms with Crippen molar-refractivity contribution in [2.45, 2.75) is 0 Å². The van der Waals surface area contributed by atoms with Crippen LogP contribution in [0, 0.1) is 0 Å². The van der Waals surface area contributed by atoms with E-state index < -0.39 is 0 Å². The Kier molecular flexibility index (Phi) is 3.08. The molecule has 1 aromatic carbocycles. The van der Waals surface area contributed by atoms with Crippen molar-refractivity contribution in [1.82, 2.24) is 9.97 Å². The number of aromatic nitrogens is 2. The topological polar surface area (TPSA) is 47.1 Å². The van der Waals surface area contributed by atoms with Crippen LogP contribution < -0.4 is 9.47 Å². The van der Waals surface area contributed by atoms with Gasteiger partial charge in [0.05, 0.1) is 17.4 Å². The second kappa shape index (κ2) is 3.94. The summed E-state index contributed by atoms with van der Waals surface area (Å²) in [6, 6.07) is 3.76. The molecule has 76 valence electrons. The predicted octanol–water partition coefficient (Wildman–Crippen LogP) is 2.14. The van der Waals surface area contributed by atoms with Crippen molar-refractivity contribution >= 4 is 35.8 Å². The summed E-state index contributed by atoms with van der Waals surface area (Å²) in [5, 5.41) is 0. The molecule has 2 heterocycles. The minimum atomic E-state index is 0. The molecule has 0 fully saturated rings. The second-order valence-corrected chi connectivity index (χ2v) is 2.63. The van der Waals surface area contributed by atoms with Crippen LogP contribution in [-0.4, -0.2) is 16.8 Å². The van der Waals surface area contributed by atoms with E-state index in [9.17, 15) is 0 Å². The average Bonchev–Trinajstić information content (AvgIpc) is 2.64. The van der Waals surface area contributed by atoms with E-state index >= 15 is 0 Å². The smallest absolute Gasteiger partial charge is 0.231 e. The van der Waals surface area contributed by atoms with Crippen LogP contribution in [-0.2, 0) is 0 Å². The molecule has 0 spiro atoms. The number of imidazole rings is 1. The largest absolute Gasteiger partial charge is 0.454 e. The van der Waals surface area contributed by atoms with Gasteiger partial charge in [0.2, 0.25) is 6.79 Å². The summed E-state index contributed by atoms with van der Waals surface area (Å²) in [5.41, 5.74) is 1.87. The maximum Gasteiger partial charge on any atom is 0.231 e. The highest BCUT2D eigenvalue weighted by atomic mass is 35.5. The van der Waals surface area contributed by atoms with E-state index in [0.717, 1.165) is 22.5 Å². The Morgan fingerprint density at radius 2 is 1.86 bits per heavy atom. The fraction of sp³-hybridized carbons (Fsp3) is 0.125. The molecular formula is C8H8Cl2N2O2. The van der Waals surface area contributed by atoms with Crippen molar-refractivity contribution in [3.8, 4) is 11.5 Å². The lowest BCUT2D eigenvalue weighted by Crippen LogP contribution is -1.92. The lowest BCUT2D eigenvalue weighted by atomic mass is 10.3. The van der Waals surface area contributed by atoms with Crippen molar-refractivity contribution in [2.75, 3.05) is 6.79 Å². The molecule has 0 unspecified atom stereocenters. The fourth-order valence-corrected chi connectivity index (χ4v) is 1.33. The molecule has 0 aliphatic carbocycles. The van der Waals surface area contributed by atoms with Gasteiger partial charge in [-0.05, 0) is 0 Å². The summed E-state index contributed by atoms with van der Waals surface area (Å²) >= 11 is 0. The number of nitrogens with one attached hydrogen (secondary N) is 1. The molecule has 0 amide bonds. The lowest BCUT2D eigenvalue weighted by Gasteiger charge is -1.93. The van der Waals surface area contributed by atoms with Gasteiger partial charge in [0.25, 0.3) is 0 Å². The van der Waals surface area contributed by atoms with Crippen LogP contribution in [0.1, 0.15) is 0 Å². The number of hydrogen-bond acceptors (Lipinski definition) is 3. The standard InChI is InChI=1S/C8H6N2O2.2ClH/c1-5-6(10-3-9-5)2-8-7(1)11-4-12-8;;/h1-3H,4H2,(H,9,10);2*1H. The van der Waals surface area contributed by atoms with E-state index in [1.165, 1.54) is 0 Å². The number of ether oxygens (including phenoxy) is 2. The fourth-order valence-electron chi connectivity index (χ4n) is 1.33. The molecule has 3 rings (SSSR count). The maximum atomic E-state index is 5.21. The van der Waals surface area contributed by atoms with E-state index in [4.69, 9.17) is 9.47 Å². The van der Waals surface area contributed by atoms with Crippen molar-refractivity contribution in [2.24, 2.45) is 0 Å². The van der Waals surface area contributed by atoms with Gasteiger partial charge in [0.1, 0.15) is 0 Å². The summed E-state index contributed by atoms with van der Waals surface area (Å²) in [4.78, 5) is 7.11. The molecule has 14 heavy (non-hydrogen) atoms. The first-order chi connectivity index (χ1) is 5.93. The molecular weight excluding hydrogens is 227 g/mol. The van der Waals surface area contributed by atoms with Crippen LogP contribution in [0.15, 0.2) is 18.5 Å².